The molecule has 0 aliphatic rings. The van der Waals surface area contributed by atoms with Gasteiger partial charge in [0, 0.05) is 17.1 Å². The lowest BCUT2D eigenvalue weighted by molar-refractivity contribution is -0.142. The normalized spacial score (nSPS) is 10.7. The highest BCUT2D eigenvalue weighted by molar-refractivity contribution is 7.97. The van der Waals surface area contributed by atoms with Crippen LogP contribution in [0.4, 0.5) is 0 Å². The molecule has 0 radical (unpaired) electrons. The van der Waals surface area contributed by atoms with Crippen LogP contribution in [0.25, 0.3) is 0 Å². The van der Waals surface area contributed by atoms with Crippen LogP contribution in [0.3, 0.4) is 0 Å². The number of nitrogens with zero attached hydrogens (tertiary/aromatic N) is 1. The Bertz CT molecular complexity index is 1040. The zero-order valence-corrected chi connectivity index (χ0v) is 18.5. The minimum atomic E-state index is -0.447. The summed E-state index contributed by atoms with van der Waals surface area (Å²) in [5.41, 5.74) is 6.32. The smallest absolute Gasteiger partial charge is 0.343 e. The zero-order valence-electron chi connectivity index (χ0n) is 17.7. The third kappa shape index (κ3) is 7.59. The van der Waals surface area contributed by atoms with Gasteiger partial charge >= 0.3 is 5.97 Å². The fourth-order valence-corrected chi connectivity index (χ4v) is 3.65. The van der Waals surface area contributed by atoms with E-state index < -0.39 is 5.97 Å². The minimum absolute atomic E-state index is 0.148. The van der Waals surface area contributed by atoms with Crippen LogP contribution in [0.2, 0.25) is 0 Å². The molecule has 3 aromatic rings. The van der Waals surface area contributed by atoms with E-state index in [0.717, 1.165) is 17.1 Å². The molecule has 0 saturated carbocycles. The van der Waals surface area contributed by atoms with E-state index in [-0.39, 0.29) is 12.5 Å². The lowest BCUT2D eigenvalue weighted by Gasteiger charge is -2.05. The van der Waals surface area contributed by atoms with Crippen molar-refractivity contribution in [1.29, 1.82) is 0 Å². The molecule has 0 aliphatic heterocycles. The van der Waals surface area contributed by atoms with E-state index in [9.17, 15) is 9.59 Å². The van der Waals surface area contributed by atoms with E-state index in [1.54, 1.807) is 36.4 Å². The summed E-state index contributed by atoms with van der Waals surface area (Å²) < 4.78 is 9.80. The van der Waals surface area contributed by atoms with Crippen molar-refractivity contribution in [2.45, 2.75) is 11.5 Å². The molecule has 3 rings (SSSR count). The Morgan fingerprint density at radius 3 is 2.22 bits per heavy atom. The van der Waals surface area contributed by atoms with Crippen molar-refractivity contribution < 1.29 is 19.1 Å². The number of hydrogen-bond acceptors (Lipinski definition) is 6. The third-order valence-electron chi connectivity index (χ3n) is 4.44. The topological polar surface area (TPSA) is 77.0 Å². The molecule has 0 spiro atoms. The summed E-state index contributed by atoms with van der Waals surface area (Å²) in [6.07, 6.45) is 1.54. The summed E-state index contributed by atoms with van der Waals surface area (Å²) in [4.78, 5) is 23.4. The first-order valence-electron chi connectivity index (χ1n) is 9.98. The van der Waals surface area contributed by atoms with Crippen LogP contribution in [0, 0.1) is 0 Å². The highest BCUT2D eigenvalue weighted by Gasteiger charge is 2.05. The number of thioether (sulfide) groups is 1. The van der Waals surface area contributed by atoms with Gasteiger partial charge in [0.05, 0.1) is 13.3 Å². The maximum atomic E-state index is 12.3. The molecule has 0 aromatic heterocycles. The minimum Gasteiger partial charge on any atom is -0.482 e. The highest BCUT2D eigenvalue weighted by Crippen LogP contribution is 2.18. The fourth-order valence-electron chi connectivity index (χ4n) is 2.69. The monoisotopic (exact) mass is 448 g/mol. The number of hydrogen-bond donors (Lipinski definition) is 1. The van der Waals surface area contributed by atoms with Crippen molar-refractivity contribution in [3.05, 3.63) is 101 Å². The second-order valence-electron chi connectivity index (χ2n) is 6.81. The van der Waals surface area contributed by atoms with Gasteiger partial charge in [0.2, 0.25) is 0 Å². The fraction of sp³-hybridized carbons (Fsp3) is 0.160. The predicted octanol–water partition coefficient (Wildman–Crippen LogP) is 4.44. The van der Waals surface area contributed by atoms with Crippen molar-refractivity contribution in [1.82, 2.24) is 5.43 Å². The number of carbonyl (C=O) groups excluding carboxylic acids is 2. The quantitative estimate of drug-likeness (QED) is 0.282. The van der Waals surface area contributed by atoms with E-state index >= 15 is 0 Å². The molecular formula is C25H24N2O4S. The van der Waals surface area contributed by atoms with Crippen molar-refractivity contribution in [3.63, 3.8) is 0 Å². The average molecular weight is 449 g/mol. The van der Waals surface area contributed by atoms with Gasteiger partial charge in [-0.1, -0.05) is 42.5 Å². The SMILES string of the molecule is COC(=O)COc1ccc(/C=N/NC(=O)c2ccc(CSCc3ccccc3)cc2)cc1. The molecule has 0 fully saturated rings. The van der Waals surface area contributed by atoms with Crippen molar-refractivity contribution in [2.24, 2.45) is 5.10 Å². The molecule has 32 heavy (non-hydrogen) atoms. The van der Waals surface area contributed by atoms with Crippen LogP contribution in [0.5, 0.6) is 5.75 Å². The van der Waals surface area contributed by atoms with Gasteiger partial charge in [0.25, 0.3) is 5.91 Å². The maximum Gasteiger partial charge on any atom is 0.343 e. The van der Waals surface area contributed by atoms with Crippen molar-refractivity contribution >= 4 is 29.9 Å². The molecule has 0 heterocycles. The van der Waals surface area contributed by atoms with Crippen LogP contribution in [-0.2, 0) is 21.0 Å². The van der Waals surface area contributed by atoms with Gasteiger partial charge in [-0.25, -0.2) is 10.2 Å². The number of rotatable bonds is 10. The molecule has 7 heteroatoms. The van der Waals surface area contributed by atoms with E-state index in [4.69, 9.17) is 4.74 Å². The summed E-state index contributed by atoms with van der Waals surface area (Å²) in [5.74, 6) is 1.66. The molecule has 0 atom stereocenters. The number of ether oxygens (including phenoxy) is 2. The summed E-state index contributed by atoms with van der Waals surface area (Å²) in [7, 11) is 1.31. The first kappa shape index (κ1) is 23.1. The van der Waals surface area contributed by atoms with Gasteiger partial charge < -0.3 is 9.47 Å². The van der Waals surface area contributed by atoms with Crippen molar-refractivity contribution in [3.8, 4) is 5.75 Å². The zero-order chi connectivity index (χ0) is 22.6. The lowest BCUT2D eigenvalue weighted by atomic mass is 10.1. The molecule has 3 aromatic carbocycles. The number of benzene rings is 3. The lowest BCUT2D eigenvalue weighted by Crippen LogP contribution is -2.17. The standard InChI is InChI=1S/C25H24N2O4S/c1-30-24(28)16-31-23-13-9-19(10-14-23)15-26-27-25(29)22-11-7-21(8-12-22)18-32-17-20-5-3-2-4-6-20/h2-15H,16-18H2,1H3,(H,27,29)/b26-15+. The predicted molar refractivity (Wildman–Crippen MR) is 127 cm³/mol. The highest BCUT2D eigenvalue weighted by atomic mass is 32.2. The average Bonchev–Trinajstić information content (AvgIpc) is 2.84. The number of esters is 1. The largest absolute Gasteiger partial charge is 0.482 e. The van der Waals surface area contributed by atoms with Gasteiger partial charge in [-0.2, -0.15) is 16.9 Å². The molecule has 164 valence electrons. The first-order valence-corrected chi connectivity index (χ1v) is 11.1. The Hall–Kier alpha value is -3.58. The summed E-state index contributed by atoms with van der Waals surface area (Å²) in [6, 6.07) is 24.8. The van der Waals surface area contributed by atoms with Gasteiger partial charge in [0.1, 0.15) is 5.75 Å². The summed E-state index contributed by atoms with van der Waals surface area (Å²) in [5, 5.41) is 4.00. The molecule has 0 unspecified atom stereocenters. The van der Waals surface area contributed by atoms with Crippen LogP contribution >= 0.6 is 11.8 Å². The van der Waals surface area contributed by atoms with Crippen LogP contribution in [0.15, 0.2) is 84.0 Å². The first-order chi connectivity index (χ1) is 15.6. The molecule has 0 bridgehead atoms. The number of carbonyl (C=O) groups is 2. The molecule has 0 aliphatic carbocycles. The maximum absolute atomic E-state index is 12.3. The number of hydrazone groups is 1. The second-order valence-corrected chi connectivity index (χ2v) is 7.79. The Morgan fingerprint density at radius 1 is 0.906 bits per heavy atom. The Kier molecular flexibility index (Phi) is 8.89. The molecule has 0 saturated heterocycles. The van der Waals surface area contributed by atoms with Crippen molar-refractivity contribution in [2.75, 3.05) is 13.7 Å². The molecule has 1 N–H and O–H groups in total. The summed E-state index contributed by atoms with van der Waals surface area (Å²) in [6.45, 7) is -0.148. The van der Waals surface area contributed by atoms with E-state index in [2.05, 4.69) is 27.4 Å². The van der Waals surface area contributed by atoms with E-state index in [0.29, 0.717) is 11.3 Å². The van der Waals surface area contributed by atoms with E-state index in [1.165, 1.54) is 24.5 Å². The van der Waals surface area contributed by atoms with Crippen LogP contribution in [-0.4, -0.2) is 31.8 Å². The third-order valence-corrected chi connectivity index (χ3v) is 5.52. The summed E-state index contributed by atoms with van der Waals surface area (Å²) >= 11 is 1.84. The van der Waals surface area contributed by atoms with Gasteiger partial charge in [-0.15, -0.1) is 0 Å². The number of amides is 1. The molecule has 6 nitrogen and oxygen atoms in total. The van der Waals surface area contributed by atoms with Gasteiger partial charge in [-0.3, -0.25) is 4.79 Å². The molecule has 1 amide bonds. The van der Waals surface area contributed by atoms with Crippen LogP contribution in [0.1, 0.15) is 27.0 Å². The molecular weight excluding hydrogens is 424 g/mol. The Balaban J connectivity index is 1.43. The second kappa shape index (κ2) is 12.3. The number of methoxy groups -OCH3 is 1. The van der Waals surface area contributed by atoms with Gasteiger partial charge in [-0.05, 0) is 53.1 Å². The number of nitrogens with one attached hydrogen (secondary N) is 1. The van der Waals surface area contributed by atoms with E-state index in [1.807, 2.05) is 42.1 Å². The Morgan fingerprint density at radius 2 is 1.56 bits per heavy atom. The van der Waals surface area contributed by atoms with Gasteiger partial charge in [0.15, 0.2) is 6.61 Å². The Labute approximate surface area is 191 Å². The van der Waals surface area contributed by atoms with Crippen LogP contribution < -0.4 is 10.2 Å².